The summed E-state index contributed by atoms with van der Waals surface area (Å²) >= 11 is 0. The second kappa shape index (κ2) is 13.9. The molecule has 0 saturated carbocycles. The molecule has 2 aliphatic rings. The second-order valence-electron chi connectivity index (χ2n) is 9.28. The summed E-state index contributed by atoms with van der Waals surface area (Å²) in [6, 6.07) is 12.5. The molecule has 2 fully saturated rings. The van der Waals surface area contributed by atoms with Crippen molar-refractivity contribution in [3.05, 3.63) is 59.8 Å². The fourth-order valence-corrected chi connectivity index (χ4v) is 4.64. The summed E-state index contributed by atoms with van der Waals surface area (Å²) in [5.74, 6) is 0.796. The highest BCUT2D eigenvalue weighted by Gasteiger charge is 2.20. The molecule has 1 aromatic carbocycles. The van der Waals surface area contributed by atoms with Crippen molar-refractivity contribution >= 4 is 29.4 Å². The Labute approximate surface area is 219 Å². The standard InChI is InChI=1S/C28H38N6O3/c1-2-34(26-7-3-4-15-29-26)27-8-5-6-23(31-27)13-14-25(35)22-9-11-24(12-10-22)32-28(36)30-16-17-33-18-20-37-21-19-33/h5-6,8-14,26,29H,2-4,7,15-21H2,1H3,(H2,30,32,36). The number of urea groups is 1. The van der Waals surface area contributed by atoms with Crippen LogP contribution in [0.15, 0.2) is 48.5 Å². The summed E-state index contributed by atoms with van der Waals surface area (Å²) in [5, 5.41) is 9.25. The number of rotatable bonds is 10. The fraction of sp³-hybridized carbons (Fsp3) is 0.464. The van der Waals surface area contributed by atoms with E-state index in [0.717, 1.165) is 63.9 Å². The zero-order chi connectivity index (χ0) is 25.9. The van der Waals surface area contributed by atoms with Crippen LogP contribution in [-0.2, 0) is 4.74 Å². The van der Waals surface area contributed by atoms with Crippen molar-refractivity contribution in [2.24, 2.45) is 0 Å². The highest BCUT2D eigenvalue weighted by molar-refractivity contribution is 6.07. The summed E-state index contributed by atoms with van der Waals surface area (Å²) in [6.07, 6.45) is 7.13. The Morgan fingerprint density at radius 3 is 2.70 bits per heavy atom. The number of carbonyl (C=O) groups excluding carboxylic acids is 2. The number of pyridine rings is 1. The number of anilines is 2. The van der Waals surface area contributed by atoms with Crippen LogP contribution in [-0.4, -0.2) is 80.3 Å². The molecule has 2 amide bonds. The molecule has 0 spiro atoms. The normalized spacial score (nSPS) is 18.5. The van der Waals surface area contributed by atoms with Crippen LogP contribution in [0.3, 0.4) is 0 Å². The number of hydrogen-bond donors (Lipinski definition) is 3. The van der Waals surface area contributed by atoms with Gasteiger partial charge in [0.25, 0.3) is 0 Å². The summed E-state index contributed by atoms with van der Waals surface area (Å²) in [5.41, 5.74) is 1.93. The van der Waals surface area contributed by atoms with E-state index in [0.29, 0.717) is 24.0 Å². The first-order chi connectivity index (χ1) is 18.1. The predicted molar refractivity (Wildman–Crippen MR) is 147 cm³/mol. The number of amides is 2. The van der Waals surface area contributed by atoms with Crippen molar-refractivity contribution < 1.29 is 14.3 Å². The van der Waals surface area contributed by atoms with Gasteiger partial charge in [-0.3, -0.25) is 15.0 Å². The first kappa shape index (κ1) is 26.8. The molecule has 1 aromatic heterocycles. The molecule has 1 atom stereocenters. The van der Waals surface area contributed by atoms with Crippen LogP contribution >= 0.6 is 0 Å². The monoisotopic (exact) mass is 506 g/mol. The lowest BCUT2D eigenvalue weighted by Crippen LogP contribution is -2.48. The second-order valence-corrected chi connectivity index (χ2v) is 9.28. The molecule has 37 heavy (non-hydrogen) atoms. The predicted octanol–water partition coefficient (Wildman–Crippen LogP) is 3.36. The van der Waals surface area contributed by atoms with E-state index in [9.17, 15) is 9.59 Å². The molecule has 2 aliphatic heterocycles. The van der Waals surface area contributed by atoms with Gasteiger partial charge in [0.1, 0.15) is 5.82 Å². The molecule has 9 nitrogen and oxygen atoms in total. The van der Waals surface area contributed by atoms with Gasteiger partial charge in [0.05, 0.1) is 25.1 Å². The minimum atomic E-state index is -0.261. The maximum absolute atomic E-state index is 12.7. The van der Waals surface area contributed by atoms with Gasteiger partial charge in [0.2, 0.25) is 0 Å². The average molecular weight is 507 g/mol. The van der Waals surface area contributed by atoms with Gasteiger partial charge < -0.3 is 20.3 Å². The van der Waals surface area contributed by atoms with E-state index in [1.165, 1.54) is 12.8 Å². The van der Waals surface area contributed by atoms with Crippen molar-refractivity contribution in [1.29, 1.82) is 0 Å². The fourth-order valence-electron chi connectivity index (χ4n) is 4.64. The van der Waals surface area contributed by atoms with Crippen LogP contribution < -0.4 is 20.9 Å². The molecule has 9 heteroatoms. The molecule has 0 aliphatic carbocycles. The van der Waals surface area contributed by atoms with Crippen LogP contribution in [0.4, 0.5) is 16.3 Å². The molecule has 3 N–H and O–H groups in total. The molecule has 0 radical (unpaired) electrons. The van der Waals surface area contributed by atoms with Crippen LogP contribution in [0, 0.1) is 0 Å². The summed E-state index contributed by atoms with van der Waals surface area (Å²) in [4.78, 5) is 34.2. The summed E-state index contributed by atoms with van der Waals surface area (Å²) in [7, 11) is 0. The largest absolute Gasteiger partial charge is 0.379 e. The zero-order valence-electron chi connectivity index (χ0n) is 21.6. The van der Waals surface area contributed by atoms with Crippen molar-refractivity contribution in [2.45, 2.75) is 32.4 Å². The lowest BCUT2D eigenvalue weighted by molar-refractivity contribution is 0.0388. The number of benzene rings is 1. The number of ketones is 1. The zero-order valence-corrected chi connectivity index (χ0v) is 21.6. The lowest BCUT2D eigenvalue weighted by Gasteiger charge is -2.35. The number of nitrogens with zero attached hydrogens (tertiary/aromatic N) is 3. The Morgan fingerprint density at radius 2 is 1.97 bits per heavy atom. The van der Waals surface area contributed by atoms with Crippen LogP contribution in [0.1, 0.15) is 42.2 Å². The van der Waals surface area contributed by atoms with Gasteiger partial charge in [-0.05, 0) is 81.3 Å². The Morgan fingerprint density at radius 1 is 1.16 bits per heavy atom. The van der Waals surface area contributed by atoms with Gasteiger partial charge in [0.15, 0.2) is 5.78 Å². The van der Waals surface area contributed by atoms with E-state index in [1.54, 1.807) is 36.4 Å². The number of aromatic nitrogens is 1. The van der Waals surface area contributed by atoms with E-state index < -0.39 is 0 Å². The SMILES string of the molecule is CCN(c1cccc(C=CC(=O)c2ccc(NC(=O)NCCN3CCOCC3)cc2)n1)C1CCCCN1. The van der Waals surface area contributed by atoms with Crippen LogP contribution in [0.5, 0.6) is 0 Å². The topological polar surface area (TPSA) is 98.8 Å². The molecular weight excluding hydrogens is 468 g/mol. The van der Waals surface area contributed by atoms with E-state index in [1.807, 2.05) is 18.2 Å². The maximum Gasteiger partial charge on any atom is 0.319 e. The Kier molecular flexibility index (Phi) is 10.0. The van der Waals surface area contributed by atoms with Crippen LogP contribution in [0.25, 0.3) is 6.08 Å². The van der Waals surface area contributed by atoms with Crippen molar-refractivity contribution in [1.82, 2.24) is 20.5 Å². The molecule has 4 rings (SSSR count). The van der Waals surface area contributed by atoms with Crippen molar-refractivity contribution in [2.75, 3.05) is 62.7 Å². The maximum atomic E-state index is 12.7. The molecule has 198 valence electrons. The van der Waals surface area contributed by atoms with Gasteiger partial charge in [-0.2, -0.15) is 0 Å². The van der Waals surface area contributed by atoms with E-state index in [2.05, 4.69) is 32.7 Å². The molecule has 0 bridgehead atoms. The number of piperidine rings is 1. The van der Waals surface area contributed by atoms with Crippen LogP contribution in [0.2, 0.25) is 0 Å². The highest BCUT2D eigenvalue weighted by atomic mass is 16.5. The van der Waals surface area contributed by atoms with Gasteiger partial charge in [-0.25, -0.2) is 9.78 Å². The number of carbonyl (C=O) groups is 2. The number of allylic oxidation sites excluding steroid dienone is 1. The molecule has 3 heterocycles. The summed E-state index contributed by atoms with van der Waals surface area (Å²) in [6.45, 7) is 8.66. The van der Waals surface area contributed by atoms with Gasteiger partial charge in [-0.15, -0.1) is 0 Å². The Bertz CT molecular complexity index is 1050. The first-order valence-electron chi connectivity index (χ1n) is 13.3. The number of ether oxygens (including phenoxy) is 1. The van der Waals surface area contributed by atoms with Gasteiger partial charge in [0, 0.05) is 44.0 Å². The summed E-state index contributed by atoms with van der Waals surface area (Å²) < 4.78 is 5.33. The van der Waals surface area contributed by atoms with E-state index >= 15 is 0 Å². The van der Waals surface area contributed by atoms with E-state index in [4.69, 9.17) is 9.72 Å². The number of morpholine rings is 1. The quantitative estimate of drug-likeness (QED) is 0.336. The van der Waals surface area contributed by atoms with Crippen molar-refractivity contribution in [3.63, 3.8) is 0 Å². The third-order valence-electron chi connectivity index (χ3n) is 6.70. The first-order valence-corrected chi connectivity index (χ1v) is 13.3. The third kappa shape index (κ3) is 8.11. The highest BCUT2D eigenvalue weighted by Crippen LogP contribution is 2.19. The average Bonchev–Trinajstić information content (AvgIpc) is 2.94. The molecule has 2 aromatic rings. The third-order valence-corrected chi connectivity index (χ3v) is 6.70. The Hall–Kier alpha value is -3.27. The van der Waals surface area contributed by atoms with E-state index in [-0.39, 0.29) is 11.8 Å². The Balaban J connectivity index is 1.27. The van der Waals surface area contributed by atoms with Gasteiger partial charge >= 0.3 is 6.03 Å². The minimum Gasteiger partial charge on any atom is -0.379 e. The van der Waals surface area contributed by atoms with Crippen molar-refractivity contribution in [3.8, 4) is 0 Å². The minimum absolute atomic E-state index is 0.116. The van der Waals surface area contributed by atoms with Gasteiger partial charge in [-0.1, -0.05) is 6.07 Å². The molecule has 2 saturated heterocycles. The molecule has 1 unspecified atom stereocenters. The lowest BCUT2D eigenvalue weighted by atomic mass is 10.1. The number of hydrogen-bond acceptors (Lipinski definition) is 7. The molecular formula is C28H38N6O3. The number of nitrogens with one attached hydrogen (secondary N) is 3. The smallest absolute Gasteiger partial charge is 0.319 e.